The lowest BCUT2D eigenvalue weighted by molar-refractivity contribution is 0.0909. The van der Waals surface area contributed by atoms with Crippen molar-refractivity contribution in [3.05, 3.63) is 0 Å². The van der Waals surface area contributed by atoms with E-state index in [0.29, 0.717) is 19.8 Å². The summed E-state index contributed by atoms with van der Waals surface area (Å²) in [5.74, 6) is 0.163. The molecule has 0 aliphatic heterocycles. The molecule has 6 nitrogen and oxygen atoms in total. The number of hydrogen-bond donors (Lipinski definition) is 4. The average molecular weight is 191 g/mol. The predicted molar refractivity (Wildman–Crippen MR) is 48.8 cm³/mol. The fourth-order valence-corrected chi connectivity index (χ4v) is 0.718. The van der Waals surface area contributed by atoms with Gasteiger partial charge >= 0.3 is 0 Å². The zero-order chi connectivity index (χ0) is 9.94. The number of nitrogens with zero attached hydrogens (tertiary/aromatic N) is 1. The van der Waals surface area contributed by atoms with Gasteiger partial charge in [0, 0.05) is 6.61 Å². The lowest BCUT2D eigenvalue weighted by Gasteiger charge is -2.03. The molecule has 0 spiro atoms. The van der Waals surface area contributed by atoms with Crippen molar-refractivity contribution < 1.29 is 15.1 Å². The van der Waals surface area contributed by atoms with Crippen LogP contribution in [0, 0.1) is 0 Å². The van der Waals surface area contributed by atoms with Crippen molar-refractivity contribution in [3.8, 4) is 0 Å². The van der Waals surface area contributed by atoms with E-state index in [1.165, 1.54) is 0 Å². The maximum atomic E-state index is 8.37. The van der Waals surface area contributed by atoms with Crippen LogP contribution < -0.4 is 11.1 Å². The summed E-state index contributed by atoms with van der Waals surface area (Å²) in [5.41, 5.74) is 5.21. The van der Waals surface area contributed by atoms with Crippen molar-refractivity contribution in [2.75, 3.05) is 32.9 Å². The molecule has 0 bridgehead atoms. The Morgan fingerprint density at radius 2 is 2.23 bits per heavy atom. The highest BCUT2D eigenvalue weighted by Crippen LogP contribution is 1.79. The van der Waals surface area contributed by atoms with E-state index in [-0.39, 0.29) is 12.4 Å². The molecule has 0 radical (unpaired) electrons. The van der Waals surface area contributed by atoms with Crippen LogP contribution in [0.15, 0.2) is 5.16 Å². The maximum Gasteiger partial charge on any atom is 0.153 e. The number of aliphatic hydroxyl groups excluding tert-OH is 1. The molecule has 0 aromatic carbocycles. The van der Waals surface area contributed by atoms with Crippen molar-refractivity contribution in [1.29, 1.82) is 0 Å². The molecule has 0 saturated heterocycles. The Morgan fingerprint density at radius 3 is 2.85 bits per heavy atom. The second-order valence-corrected chi connectivity index (χ2v) is 2.46. The minimum absolute atomic E-state index is 0.0531. The van der Waals surface area contributed by atoms with Crippen LogP contribution in [0.25, 0.3) is 0 Å². The topological polar surface area (TPSA) is 100 Å². The smallest absolute Gasteiger partial charge is 0.153 e. The zero-order valence-electron chi connectivity index (χ0n) is 7.57. The molecule has 0 unspecified atom stereocenters. The first kappa shape index (κ1) is 12.2. The fraction of sp³-hybridized carbons (Fsp3) is 0.857. The van der Waals surface area contributed by atoms with Gasteiger partial charge in [0.05, 0.1) is 19.8 Å². The first-order valence-electron chi connectivity index (χ1n) is 4.17. The van der Waals surface area contributed by atoms with Gasteiger partial charge in [-0.25, -0.2) is 0 Å². The summed E-state index contributed by atoms with van der Waals surface area (Å²) in [4.78, 5) is 0. The molecular weight excluding hydrogens is 174 g/mol. The molecule has 5 N–H and O–H groups in total. The van der Waals surface area contributed by atoms with Gasteiger partial charge in [-0.15, -0.1) is 0 Å². The lowest BCUT2D eigenvalue weighted by Crippen LogP contribution is -2.30. The second-order valence-electron chi connectivity index (χ2n) is 2.46. The van der Waals surface area contributed by atoms with Gasteiger partial charge in [0.25, 0.3) is 0 Å². The third kappa shape index (κ3) is 9.06. The van der Waals surface area contributed by atoms with Crippen molar-refractivity contribution in [2.45, 2.75) is 6.42 Å². The molecule has 0 saturated carbocycles. The van der Waals surface area contributed by atoms with Crippen LogP contribution in [0.1, 0.15) is 6.42 Å². The lowest BCUT2D eigenvalue weighted by atomic mass is 10.4. The summed E-state index contributed by atoms with van der Waals surface area (Å²) in [6.07, 6.45) is 0.832. The summed E-state index contributed by atoms with van der Waals surface area (Å²) in [7, 11) is 0. The number of hydrogen-bond acceptors (Lipinski definition) is 5. The van der Waals surface area contributed by atoms with Gasteiger partial charge in [-0.3, -0.25) is 0 Å². The Morgan fingerprint density at radius 1 is 1.46 bits per heavy atom. The van der Waals surface area contributed by atoms with Crippen LogP contribution >= 0.6 is 0 Å². The van der Waals surface area contributed by atoms with Gasteiger partial charge in [-0.2, -0.15) is 0 Å². The molecule has 0 aliphatic rings. The van der Waals surface area contributed by atoms with Crippen LogP contribution in [0.2, 0.25) is 0 Å². The molecule has 13 heavy (non-hydrogen) atoms. The summed E-state index contributed by atoms with van der Waals surface area (Å²) < 4.78 is 5.02. The Labute approximate surface area is 77.4 Å². The first-order valence-corrected chi connectivity index (χ1v) is 4.17. The SMILES string of the molecule is NC(CNCCCOCCO)=NO. The Hall–Kier alpha value is -0.850. The van der Waals surface area contributed by atoms with Gasteiger partial charge in [0.1, 0.15) is 0 Å². The quantitative estimate of drug-likeness (QED) is 0.126. The molecule has 0 amide bonds. The normalized spacial score (nSPS) is 11.9. The molecule has 0 aromatic rings. The fourth-order valence-electron chi connectivity index (χ4n) is 0.718. The minimum atomic E-state index is 0.0531. The summed E-state index contributed by atoms with van der Waals surface area (Å²) in [6.45, 7) is 2.14. The molecule has 0 atom stereocenters. The van der Waals surface area contributed by atoms with Crippen LogP contribution in [0.3, 0.4) is 0 Å². The average Bonchev–Trinajstić information content (AvgIpc) is 2.16. The van der Waals surface area contributed by atoms with Gasteiger partial charge < -0.3 is 26.1 Å². The van der Waals surface area contributed by atoms with Gasteiger partial charge in [-0.1, -0.05) is 5.16 Å². The third-order valence-electron chi connectivity index (χ3n) is 1.31. The summed E-state index contributed by atoms with van der Waals surface area (Å²) in [5, 5.41) is 22.3. The standard InChI is InChI=1S/C7H17N3O3/c8-7(10-12)6-9-2-1-4-13-5-3-11/h9,11-12H,1-6H2,(H2,8,10). The van der Waals surface area contributed by atoms with Crippen LogP contribution in [-0.4, -0.2) is 49.1 Å². The highest BCUT2D eigenvalue weighted by Gasteiger charge is 1.92. The van der Waals surface area contributed by atoms with E-state index in [9.17, 15) is 0 Å². The van der Waals surface area contributed by atoms with Gasteiger partial charge in [0.15, 0.2) is 5.84 Å². The van der Waals surface area contributed by atoms with E-state index in [2.05, 4.69) is 10.5 Å². The Kier molecular flexibility index (Phi) is 8.64. The van der Waals surface area contributed by atoms with Gasteiger partial charge in [0.2, 0.25) is 0 Å². The van der Waals surface area contributed by atoms with E-state index >= 15 is 0 Å². The second kappa shape index (κ2) is 9.24. The molecule has 0 rings (SSSR count). The maximum absolute atomic E-state index is 8.37. The molecule has 0 aromatic heterocycles. The van der Waals surface area contributed by atoms with E-state index in [0.717, 1.165) is 13.0 Å². The predicted octanol–water partition coefficient (Wildman–Crippen LogP) is -1.28. The van der Waals surface area contributed by atoms with Crippen molar-refractivity contribution >= 4 is 5.84 Å². The summed E-state index contributed by atoms with van der Waals surface area (Å²) >= 11 is 0. The monoisotopic (exact) mass is 191 g/mol. The number of amidine groups is 1. The molecular formula is C7H17N3O3. The summed E-state index contributed by atoms with van der Waals surface area (Å²) in [6, 6.07) is 0. The number of rotatable bonds is 8. The molecule has 78 valence electrons. The van der Waals surface area contributed by atoms with Crippen molar-refractivity contribution in [2.24, 2.45) is 10.9 Å². The highest BCUT2D eigenvalue weighted by molar-refractivity contribution is 5.81. The largest absolute Gasteiger partial charge is 0.409 e. The van der Waals surface area contributed by atoms with E-state index < -0.39 is 0 Å². The van der Waals surface area contributed by atoms with Crippen molar-refractivity contribution in [3.63, 3.8) is 0 Å². The van der Waals surface area contributed by atoms with E-state index in [4.69, 9.17) is 20.8 Å². The molecule has 0 fully saturated rings. The number of nitrogens with two attached hydrogens (primary N) is 1. The molecule has 0 heterocycles. The van der Waals surface area contributed by atoms with E-state index in [1.807, 2.05) is 0 Å². The third-order valence-corrected chi connectivity index (χ3v) is 1.31. The van der Waals surface area contributed by atoms with Crippen LogP contribution in [0.5, 0.6) is 0 Å². The number of aliphatic hydroxyl groups is 1. The van der Waals surface area contributed by atoms with Gasteiger partial charge in [-0.05, 0) is 13.0 Å². The van der Waals surface area contributed by atoms with E-state index in [1.54, 1.807) is 0 Å². The molecule has 6 heteroatoms. The Bertz CT molecular complexity index is 141. The minimum Gasteiger partial charge on any atom is -0.409 e. The van der Waals surface area contributed by atoms with Crippen LogP contribution in [0.4, 0.5) is 0 Å². The molecule has 0 aliphatic carbocycles. The number of oxime groups is 1. The first-order chi connectivity index (χ1) is 6.31. The van der Waals surface area contributed by atoms with Crippen LogP contribution in [-0.2, 0) is 4.74 Å². The number of ether oxygens (including phenoxy) is 1. The highest BCUT2D eigenvalue weighted by atomic mass is 16.5. The van der Waals surface area contributed by atoms with Crippen molar-refractivity contribution in [1.82, 2.24) is 5.32 Å². The zero-order valence-corrected chi connectivity index (χ0v) is 7.57. The number of nitrogens with one attached hydrogen (secondary N) is 1. The Balaban J connectivity index is 3.00.